The molecule has 2 rings (SSSR count). The van der Waals surface area contributed by atoms with Crippen molar-refractivity contribution in [1.82, 2.24) is 0 Å². The van der Waals surface area contributed by atoms with E-state index in [1.165, 1.54) is 0 Å². The fourth-order valence-electron chi connectivity index (χ4n) is 1.89. The lowest BCUT2D eigenvalue weighted by molar-refractivity contribution is 0.244. The van der Waals surface area contributed by atoms with Crippen LogP contribution in [0.1, 0.15) is 24.8 Å². The molecule has 2 N–H and O–H groups in total. The Morgan fingerprint density at radius 1 is 1.07 bits per heavy atom. The molecule has 1 fully saturated rings. The molecule has 0 amide bonds. The van der Waals surface area contributed by atoms with Crippen LogP contribution in [0.3, 0.4) is 0 Å². The fraction of sp³-hybridized carbons (Fsp3) is 0.455. The molecule has 15 heavy (non-hydrogen) atoms. The molecular formula is C11H12F3N. The number of hydrogen-bond donors (Lipinski definition) is 1. The average molecular weight is 215 g/mol. The van der Waals surface area contributed by atoms with E-state index in [0.29, 0.717) is 6.07 Å². The van der Waals surface area contributed by atoms with Crippen LogP contribution in [0, 0.1) is 17.5 Å². The molecule has 0 saturated heterocycles. The maximum absolute atomic E-state index is 13.3. The molecule has 1 nitrogen and oxygen atoms in total. The van der Waals surface area contributed by atoms with Gasteiger partial charge in [0.15, 0.2) is 11.6 Å². The van der Waals surface area contributed by atoms with Crippen molar-refractivity contribution in [2.45, 2.75) is 31.2 Å². The summed E-state index contributed by atoms with van der Waals surface area (Å²) in [6, 6.07) is 1.48. The topological polar surface area (TPSA) is 26.0 Å². The lowest BCUT2D eigenvalue weighted by Crippen LogP contribution is -2.48. The highest BCUT2D eigenvalue weighted by Crippen LogP contribution is 2.33. The molecule has 1 aliphatic carbocycles. The van der Waals surface area contributed by atoms with Gasteiger partial charge in [0, 0.05) is 11.6 Å². The molecule has 82 valence electrons. The fourth-order valence-corrected chi connectivity index (χ4v) is 1.89. The quantitative estimate of drug-likeness (QED) is 0.754. The van der Waals surface area contributed by atoms with Crippen molar-refractivity contribution >= 4 is 0 Å². The summed E-state index contributed by atoms with van der Waals surface area (Å²) < 4.78 is 38.8. The molecule has 0 unspecified atom stereocenters. The SMILES string of the molecule is NC1(Cc2cc(F)c(F)cc2F)CCC1. The summed E-state index contributed by atoms with van der Waals surface area (Å²) in [5.74, 6) is -2.89. The first-order valence-corrected chi connectivity index (χ1v) is 4.92. The van der Waals surface area contributed by atoms with Crippen molar-refractivity contribution in [3.8, 4) is 0 Å². The van der Waals surface area contributed by atoms with Crippen LogP contribution in [0.15, 0.2) is 12.1 Å². The Morgan fingerprint density at radius 2 is 1.67 bits per heavy atom. The third kappa shape index (κ3) is 2.00. The Bertz CT molecular complexity index is 386. The highest BCUT2D eigenvalue weighted by atomic mass is 19.2. The van der Waals surface area contributed by atoms with Crippen molar-refractivity contribution < 1.29 is 13.2 Å². The van der Waals surface area contributed by atoms with E-state index in [4.69, 9.17) is 5.73 Å². The van der Waals surface area contributed by atoms with Gasteiger partial charge < -0.3 is 5.73 Å². The molecule has 0 bridgehead atoms. The van der Waals surface area contributed by atoms with Gasteiger partial charge in [0.25, 0.3) is 0 Å². The molecule has 1 saturated carbocycles. The van der Waals surface area contributed by atoms with Gasteiger partial charge in [0.1, 0.15) is 5.82 Å². The highest BCUT2D eigenvalue weighted by Gasteiger charge is 2.33. The predicted molar refractivity (Wildman–Crippen MR) is 50.8 cm³/mol. The van der Waals surface area contributed by atoms with Crippen molar-refractivity contribution in [1.29, 1.82) is 0 Å². The third-order valence-electron chi connectivity index (χ3n) is 2.98. The summed E-state index contributed by atoms with van der Waals surface area (Å²) in [6.45, 7) is 0. The van der Waals surface area contributed by atoms with Gasteiger partial charge in [-0.1, -0.05) is 0 Å². The summed E-state index contributed by atoms with van der Waals surface area (Å²) in [5.41, 5.74) is 5.65. The monoisotopic (exact) mass is 215 g/mol. The van der Waals surface area contributed by atoms with E-state index in [1.54, 1.807) is 0 Å². The van der Waals surface area contributed by atoms with Gasteiger partial charge in [-0.05, 0) is 37.3 Å². The van der Waals surface area contributed by atoms with Gasteiger partial charge in [-0.3, -0.25) is 0 Å². The first-order valence-electron chi connectivity index (χ1n) is 4.92. The summed E-state index contributed by atoms with van der Waals surface area (Å²) in [6.07, 6.45) is 2.91. The van der Waals surface area contributed by atoms with E-state index in [0.717, 1.165) is 25.3 Å². The van der Waals surface area contributed by atoms with Crippen LogP contribution in [-0.2, 0) is 6.42 Å². The minimum Gasteiger partial charge on any atom is -0.325 e. The summed E-state index contributed by atoms with van der Waals surface area (Å²) >= 11 is 0. The molecular weight excluding hydrogens is 203 g/mol. The number of benzene rings is 1. The summed E-state index contributed by atoms with van der Waals surface area (Å²) in [5, 5.41) is 0. The van der Waals surface area contributed by atoms with Crippen molar-refractivity contribution in [2.75, 3.05) is 0 Å². The molecule has 1 aromatic carbocycles. The molecule has 4 heteroatoms. The number of hydrogen-bond acceptors (Lipinski definition) is 1. The number of halogens is 3. The molecule has 0 heterocycles. The zero-order valence-corrected chi connectivity index (χ0v) is 8.19. The predicted octanol–water partition coefficient (Wildman–Crippen LogP) is 2.53. The maximum atomic E-state index is 13.3. The Morgan fingerprint density at radius 3 is 2.20 bits per heavy atom. The summed E-state index contributed by atoms with van der Waals surface area (Å²) in [7, 11) is 0. The first-order chi connectivity index (χ1) is 7.00. The maximum Gasteiger partial charge on any atom is 0.161 e. The molecule has 0 atom stereocenters. The number of rotatable bonds is 2. The lowest BCUT2D eigenvalue weighted by atomic mass is 9.73. The van der Waals surface area contributed by atoms with E-state index in [-0.39, 0.29) is 12.0 Å². The zero-order valence-electron chi connectivity index (χ0n) is 8.19. The van der Waals surface area contributed by atoms with E-state index in [2.05, 4.69) is 0 Å². The smallest absolute Gasteiger partial charge is 0.161 e. The van der Waals surface area contributed by atoms with Gasteiger partial charge in [0.05, 0.1) is 0 Å². The first kappa shape index (κ1) is 10.5. The Balaban J connectivity index is 2.24. The van der Waals surface area contributed by atoms with Gasteiger partial charge in [0.2, 0.25) is 0 Å². The Labute approximate surface area is 86.1 Å². The van der Waals surface area contributed by atoms with Crippen LogP contribution in [0.25, 0.3) is 0 Å². The van der Waals surface area contributed by atoms with Crippen LogP contribution < -0.4 is 5.73 Å². The van der Waals surface area contributed by atoms with Gasteiger partial charge in [-0.25, -0.2) is 13.2 Å². The van der Waals surface area contributed by atoms with Crippen molar-refractivity contribution in [3.05, 3.63) is 35.1 Å². The lowest BCUT2D eigenvalue weighted by Gasteiger charge is -2.38. The van der Waals surface area contributed by atoms with Crippen LogP contribution >= 0.6 is 0 Å². The minimum atomic E-state index is -1.16. The standard InChI is InChI=1S/C11H12F3N/c12-8-5-10(14)9(13)4-7(8)6-11(15)2-1-3-11/h4-5H,1-3,6,15H2. The Hall–Kier alpha value is -1.03. The minimum absolute atomic E-state index is 0.163. The molecule has 0 spiro atoms. The number of nitrogens with two attached hydrogens (primary N) is 1. The van der Waals surface area contributed by atoms with Crippen LogP contribution in [0.2, 0.25) is 0 Å². The Kier molecular flexibility index (Phi) is 2.46. The molecule has 1 aromatic rings. The summed E-state index contributed by atoms with van der Waals surface area (Å²) in [4.78, 5) is 0. The van der Waals surface area contributed by atoms with Crippen LogP contribution in [0.4, 0.5) is 13.2 Å². The van der Waals surface area contributed by atoms with Gasteiger partial charge in [-0.15, -0.1) is 0 Å². The second kappa shape index (κ2) is 3.52. The van der Waals surface area contributed by atoms with Crippen LogP contribution in [0.5, 0.6) is 0 Å². The van der Waals surface area contributed by atoms with Gasteiger partial charge in [-0.2, -0.15) is 0 Å². The van der Waals surface area contributed by atoms with E-state index < -0.39 is 23.0 Å². The van der Waals surface area contributed by atoms with Crippen LogP contribution in [-0.4, -0.2) is 5.54 Å². The molecule has 0 aliphatic heterocycles. The normalized spacial score (nSPS) is 18.7. The van der Waals surface area contributed by atoms with Crippen molar-refractivity contribution in [2.24, 2.45) is 5.73 Å². The third-order valence-corrected chi connectivity index (χ3v) is 2.98. The highest BCUT2D eigenvalue weighted by molar-refractivity contribution is 5.23. The molecule has 1 aliphatic rings. The average Bonchev–Trinajstić information content (AvgIpc) is 2.11. The van der Waals surface area contributed by atoms with Crippen molar-refractivity contribution in [3.63, 3.8) is 0 Å². The molecule has 0 radical (unpaired) electrons. The van der Waals surface area contributed by atoms with E-state index >= 15 is 0 Å². The second-order valence-corrected chi connectivity index (χ2v) is 4.25. The van der Waals surface area contributed by atoms with E-state index in [1.807, 2.05) is 0 Å². The van der Waals surface area contributed by atoms with Gasteiger partial charge >= 0.3 is 0 Å². The van der Waals surface area contributed by atoms with E-state index in [9.17, 15) is 13.2 Å². The zero-order chi connectivity index (χ0) is 11.1. The molecule has 0 aromatic heterocycles. The largest absolute Gasteiger partial charge is 0.325 e. The second-order valence-electron chi connectivity index (χ2n) is 4.25.